The zero-order valence-corrected chi connectivity index (χ0v) is 5.06. The molecule has 1 rings (SSSR count). The number of nitrogens with one attached hydrogen (secondary N) is 1. The molecule has 0 bridgehead atoms. The first-order chi connectivity index (χ1) is 3.93. The van der Waals surface area contributed by atoms with Crippen molar-refractivity contribution in [1.29, 1.82) is 0 Å². The van der Waals surface area contributed by atoms with Gasteiger partial charge in [-0.25, -0.2) is 0 Å². The van der Waals surface area contributed by atoms with E-state index in [1.807, 2.05) is 0 Å². The predicted molar refractivity (Wildman–Crippen MR) is 32.7 cm³/mol. The highest BCUT2D eigenvalue weighted by Gasteiger charge is 2.12. The fourth-order valence-electron chi connectivity index (χ4n) is 1.14. The van der Waals surface area contributed by atoms with Gasteiger partial charge in [0.25, 0.3) is 0 Å². The third-order valence-electron chi connectivity index (χ3n) is 1.70. The fraction of sp³-hybridized carbons (Fsp3) is 1.00. The molecule has 8 heavy (non-hydrogen) atoms. The van der Waals surface area contributed by atoms with E-state index in [2.05, 4.69) is 5.32 Å². The summed E-state index contributed by atoms with van der Waals surface area (Å²) in [5.41, 5.74) is 0. The van der Waals surface area contributed by atoms with Crippen LogP contribution in [0.2, 0.25) is 0 Å². The summed E-state index contributed by atoms with van der Waals surface area (Å²) < 4.78 is 0. The van der Waals surface area contributed by atoms with Crippen LogP contribution >= 0.6 is 0 Å². The molecule has 48 valence electrons. The molecular formula is C6H13NO. The normalized spacial score (nSPS) is 28.9. The predicted octanol–water partition coefficient (Wildman–Crippen LogP) is -0.0217. The number of hydrogen-bond acceptors (Lipinski definition) is 2. The number of hydrogen-bond donors (Lipinski definition) is 2. The van der Waals surface area contributed by atoms with Crippen LogP contribution in [0.3, 0.4) is 0 Å². The van der Waals surface area contributed by atoms with E-state index in [0.717, 1.165) is 25.4 Å². The Morgan fingerprint density at radius 1 is 1.62 bits per heavy atom. The van der Waals surface area contributed by atoms with Crippen LogP contribution in [0.25, 0.3) is 0 Å². The van der Waals surface area contributed by atoms with Crippen LogP contribution in [-0.2, 0) is 0 Å². The molecule has 0 aromatic heterocycles. The molecule has 2 heteroatoms. The summed E-state index contributed by atoms with van der Waals surface area (Å²) in [6.45, 7) is 2.61. The topological polar surface area (TPSA) is 32.3 Å². The highest BCUT2D eigenvalue weighted by atomic mass is 16.3. The summed E-state index contributed by atoms with van der Waals surface area (Å²) in [6, 6.07) is 0. The molecule has 0 radical (unpaired) electrons. The maximum absolute atomic E-state index is 8.50. The summed E-state index contributed by atoms with van der Waals surface area (Å²) in [5, 5.41) is 11.7. The van der Waals surface area contributed by atoms with Crippen molar-refractivity contribution in [1.82, 2.24) is 5.32 Å². The molecule has 0 amide bonds. The van der Waals surface area contributed by atoms with Crippen molar-refractivity contribution in [3.63, 3.8) is 0 Å². The fourth-order valence-corrected chi connectivity index (χ4v) is 1.14. The quantitative estimate of drug-likeness (QED) is 0.530. The Kier molecular flexibility index (Phi) is 2.30. The molecule has 1 aliphatic heterocycles. The number of aliphatic hydroxyl groups excluding tert-OH is 1. The first-order valence-corrected chi connectivity index (χ1v) is 3.25. The molecule has 2 nitrogen and oxygen atoms in total. The molecule has 1 saturated heterocycles. The van der Waals surface area contributed by atoms with Gasteiger partial charge in [0.05, 0.1) is 0 Å². The van der Waals surface area contributed by atoms with E-state index < -0.39 is 0 Å². The van der Waals surface area contributed by atoms with Gasteiger partial charge >= 0.3 is 0 Å². The Hall–Kier alpha value is -0.0800. The first-order valence-electron chi connectivity index (χ1n) is 3.25. The summed E-state index contributed by atoms with van der Waals surface area (Å²) >= 11 is 0. The van der Waals surface area contributed by atoms with Crippen LogP contribution < -0.4 is 5.32 Å². The Bertz CT molecular complexity index is 59.5. The molecule has 0 aromatic carbocycles. The summed E-state index contributed by atoms with van der Waals surface area (Å²) in [5.74, 6) is 0.750. The Morgan fingerprint density at radius 3 is 3.00 bits per heavy atom. The lowest BCUT2D eigenvalue weighted by Gasteiger charge is -2.01. The lowest BCUT2D eigenvalue weighted by atomic mass is 10.1. The van der Waals surface area contributed by atoms with Gasteiger partial charge in [-0.05, 0) is 31.8 Å². The van der Waals surface area contributed by atoms with Gasteiger partial charge in [0.2, 0.25) is 0 Å². The van der Waals surface area contributed by atoms with Gasteiger partial charge in [0, 0.05) is 6.61 Å². The van der Waals surface area contributed by atoms with Gasteiger partial charge in [-0.1, -0.05) is 0 Å². The van der Waals surface area contributed by atoms with Crippen molar-refractivity contribution in [2.24, 2.45) is 5.92 Å². The van der Waals surface area contributed by atoms with Gasteiger partial charge in [-0.15, -0.1) is 0 Å². The molecule has 1 atom stereocenters. The lowest BCUT2D eigenvalue weighted by Crippen LogP contribution is -2.09. The highest BCUT2D eigenvalue weighted by Crippen LogP contribution is 2.10. The van der Waals surface area contributed by atoms with Crippen LogP contribution in [0.1, 0.15) is 12.8 Å². The van der Waals surface area contributed by atoms with Crippen LogP contribution in [-0.4, -0.2) is 24.8 Å². The van der Waals surface area contributed by atoms with Crippen molar-refractivity contribution >= 4 is 0 Å². The van der Waals surface area contributed by atoms with Crippen molar-refractivity contribution in [3.8, 4) is 0 Å². The molecule has 2 N–H and O–H groups in total. The molecule has 1 heterocycles. The second kappa shape index (κ2) is 3.05. The van der Waals surface area contributed by atoms with E-state index in [4.69, 9.17) is 5.11 Å². The lowest BCUT2D eigenvalue weighted by molar-refractivity contribution is 0.262. The maximum atomic E-state index is 8.50. The van der Waals surface area contributed by atoms with E-state index in [1.54, 1.807) is 0 Å². The van der Waals surface area contributed by atoms with Crippen LogP contribution in [0.4, 0.5) is 0 Å². The highest BCUT2D eigenvalue weighted by molar-refractivity contribution is 4.69. The molecule has 1 aliphatic rings. The monoisotopic (exact) mass is 115 g/mol. The third-order valence-corrected chi connectivity index (χ3v) is 1.70. The van der Waals surface area contributed by atoms with Crippen molar-refractivity contribution in [2.45, 2.75) is 12.8 Å². The summed E-state index contributed by atoms with van der Waals surface area (Å²) in [7, 11) is 0. The van der Waals surface area contributed by atoms with E-state index >= 15 is 0 Å². The zero-order chi connectivity index (χ0) is 5.82. The average Bonchev–Trinajstić information content (AvgIpc) is 2.19. The molecule has 0 saturated carbocycles. The maximum Gasteiger partial charge on any atom is 0.0434 e. The van der Waals surface area contributed by atoms with E-state index in [1.165, 1.54) is 6.42 Å². The largest absolute Gasteiger partial charge is 0.396 e. The van der Waals surface area contributed by atoms with Gasteiger partial charge < -0.3 is 10.4 Å². The SMILES string of the molecule is OCCC1CCNC1. The molecule has 0 aliphatic carbocycles. The second-order valence-electron chi connectivity index (χ2n) is 2.37. The van der Waals surface area contributed by atoms with Crippen molar-refractivity contribution in [2.75, 3.05) is 19.7 Å². The Balaban J connectivity index is 2.06. The van der Waals surface area contributed by atoms with Crippen molar-refractivity contribution in [3.05, 3.63) is 0 Å². The minimum atomic E-state index is 0.354. The molecule has 0 aromatic rings. The standard InChI is InChI=1S/C6H13NO/c8-4-2-6-1-3-7-5-6/h6-8H,1-5H2. The second-order valence-corrected chi connectivity index (χ2v) is 2.37. The van der Waals surface area contributed by atoms with E-state index in [0.29, 0.717) is 6.61 Å². The van der Waals surface area contributed by atoms with Crippen LogP contribution in [0.15, 0.2) is 0 Å². The number of aliphatic hydroxyl groups is 1. The van der Waals surface area contributed by atoms with Gasteiger partial charge in [0.15, 0.2) is 0 Å². The minimum absolute atomic E-state index is 0.354. The zero-order valence-electron chi connectivity index (χ0n) is 5.06. The summed E-state index contributed by atoms with van der Waals surface area (Å²) in [4.78, 5) is 0. The molecule has 0 spiro atoms. The van der Waals surface area contributed by atoms with Gasteiger partial charge in [0.1, 0.15) is 0 Å². The molecule has 1 unspecified atom stereocenters. The van der Waals surface area contributed by atoms with E-state index in [-0.39, 0.29) is 0 Å². The van der Waals surface area contributed by atoms with Gasteiger partial charge in [-0.3, -0.25) is 0 Å². The molecular weight excluding hydrogens is 102 g/mol. The first kappa shape index (κ1) is 6.05. The third kappa shape index (κ3) is 1.46. The van der Waals surface area contributed by atoms with Crippen molar-refractivity contribution < 1.29 is 5.11 Å². The Labute approximate surface area is 49.9 Å². The van der Waals surface area contributed by atoms with E-state index in [9.17, 15) is 0 Å². The van der Waals surface area contributed by atoms with Crippen LogP contribution in [0.5, 0.6) is 0 Å². The van der Waals surface area contributed by atoms with Crippen LogP contribution in [0, 0.1) is 5.92 Å². The average molecular weight is 115 g/mol. The Morgan fingerprint density at radius 2 is 2.50 bits per heavy atom. The molecule has 1 fully saturated rings. The summed E-state index contributed by atoms with van der Waals surface area (Å²) in [6.07, 6.45) is 2.23. The smallest absolute Gasteiger partial charge is 0.0434 e. The minimum Gasteiger partial charge on any atom is -0.396 e. The van der Waals surface area contributed by atoms with Gasteiger partial charge in [-0.2, -0.15) is 0 Å². The number of rotatable bonds is 2.